The fourth-order valence-electron chi connectivity index (χ4n) is 4.99. The third-order valence-electron chi connectivity index (χ3n) is 7.05. The molecule has 1 saturated heterocycles. The van der Waals surface area contributed by atoms with E-state index in [9.17, 15) is 9.18 Å². The molecule has 0 saturated carbocycles. The predicted octanol–water partition coefficient (Wildman–Crippen LogP) is 3.14. The lowest BCUT2D eigenvalue weighted by atomic mass is 10.0. The SMILES string of the molecule is COc1cccc(CC(=O)N2CCc3nc(N4CCN(c5ccc(F)cc5)CC4)nc(N(C)C)c3C2)c1. The number of fused-ring (bicyclic) bond motifs is 1. The highest BCUT2D eigenvalue weighted by molar-refractivity contribution is 5.79. The molecule has 0 N–H and O–H groups in total. The molecule has 5 rings (SSSR count). The van der Waals surface area contributed by atoms with Crippen LogP contribution in [0.15, 0.2) is 48.5 Å². The molecule has 37 heavy (non-hydrogen) atoms. The minimum absolute atomic E-state index is 0.0876. The van der Waals surface area contributed by atoms with Gasteiger partial charge in [-0.1, -0.05) is 12.1 Å². The Balaban J connectivity index is 1.29. The second-order valence-corrected chi connectivity index (χ2v) is 9.71. The number of amides is 1. The van der Waals surface area contributed by atoms with Gasteiger partial charge in [0.25, 0.3) is 0 Å². The van der Waals surface area contributed by atoms with Gasteiger partial charge in [-0.25, -0.2) is 9.37 Å². The second kappa shape index (κ2) is 10.6. The minimum Gasteiger partial charge on any atom is -0.497 e. The van der Waals surface area contributed by atoms with Crippen molar-refractivity contribution in [3.8, 4) is 5.75 Å². The fraction of sp³-hybridized carbons (Fsp3) is 0.393. The maximum Gasteiger partial charge on any atom is 0.227 e. The van der Waals surface area contributed by atoms with E-state index in [-0.39, 0.29) is 11.7 Å². The Morgan fingerprint density at radius 3 is 2.43 bits per heavy atom. The van der Waals surface area contributed by atoms with Gasteiger partial charge in [-0.2, -0.15) is 4.98 Å². The Morgan fingerprint density at radius 2 is 1.73 bits per heavy atom. The van der Waals surface area contributed by atoms with Gasteiger partial charge >= 0.3 is 0 Å². The smallest absolute Gasteiger partial charge is 0.227 e. The number of carbonyl (C=O) groups excluding carboxylic acids is 1. The zero-order valence-corrected chi connectivity index (χ0v) is 21.7. The van der Waals surface area contributed by atoms with E-state index < -0.39 is 0 Å². The maximum absolute atomic E-state index is 13.3. The molecule has 1 aromatic heterocycles. The van der Waals surface area contributed by atoms with E-state index in [1.165, 1.54) is 12.1 Å². The first-order valence-corrected chi connectivity index (χ1v) is 12.6. The zero-order valence-electron chi connectivity index (χ0n) is 21.7. The number of rotatable bonds is 6. The highest BCUT2D eigenvalue weighted by atomic mass is 19.1. The monoisotopic (exact) mass is 504 g/mol. The molecular weight excluding hydrogens is 471 g/mol. The molecule has 0 spiro atoms. The van der Waals surface area contributed by atoms with Crippen molar-refractivity contribution in [2.75, 3.05) is 68.6 Å². The molecule has 0 aliphatic carbocycles. The molecule has 3 heterocycles. The molecule has 0 atom stereocenters. The third kappa shape index (κ3) is 5.45. The first kappa shape index (κ1) is 24.8. The largest absolute Gasteiger partial charge is 0.497 e. The molecule has 2 aliphatic heterocycles. The van der Waals surface area contributed by atoms with E-state index >= 15 is 0 Å². The average Bonchev–Trinajstić information content (AvgIpc) is 2.92. The van der Waals surface area contributed by atoms with Gasteiger partial charge < -0.3 is 24.3 Å². The van der Waals surface area contributed by atoms with E-state index in [1.807, 2.05) is 60.3 Å². The summed E-state index contributed by atoms with van der Waals surface area (Å²) in [5.41, 5.74) is 4.00. The van der Waals surface area contributed by atoms with Crippen molar-refractivity contribution < 1.29 is 13.9 Å². The zero-order chi connectivity index (χ0) is 25.9. The quantitative estimate of drug-likeness (QED) is 0.511. The Bertz CT molecular complexity index is 1260. The van der Waals surface area contributed by atoms with Crippen molar-refractivity contribution in [1.29, 1.82) is 0 Å². The summed E-state index contributed by atoms with van der Waals surface area (Å²) in [5, 5.41) is 0. The summed E-state index contributed by atoms with van der Waals surface area (Å²) < 4.78 is 18.6. The number of aromatic nitrogens is 2. The summed E-state index contributed by atoms with van der Waals surface area (Å²) in [6.07, 6.45) is 1.03. The fourth-order valence-corrected chi connectivity index (χ4v) is 4.99. The highest BCUT2D eigenvalue weighted by Gasteiger charge is 2.28. The molecular formula is C28H33FN6O2. The van der Waals surface area contributed by atoms with Crippen LogP contribution in [0.25, 0.3) is 0 Å². The summed E-state index contributed by atoms with van der Waals surface area (Å²) in [6, 6.07) is 14.3. The van der Waals surface area contributed by atoms with Crippen LogP contribution < -0.4 is 19.4 Å². The Morgan fingerprint density at radius 1 is 1.00 bits per heavy atom. The van der Waals surface area contributed by atoms with Crippen LogP contribution in [0, 0.1) is 5.82 Å². The second-order valence-electron chi connectivity index (χ2n) is 9.71. The lowest BCUT2D eigenvalue weighted by molar-refractivity contribution is -0.131. The van der Waals surface area contributed by atoms with Crippen molar-refractivity contribution in [2.24, 2.45) is 0 Å². The lowest BCUT2D eigenvalue weighted by Gasteiger charge is -2.37. The molecule has 1 amide bonds. The first-order chi connectivity index (χ1) is 17.9. The van der Waals surface area contributed by atoms with Crippen LogP contribution in [0.2, 0.25) is 0 Å². The van der Waals surface area contributed by atoms with E-state index in [0.717, 1.165) is 66.2 Å². The van der Waals surface area contributed by atoms with Crippen LogP contribution in [0.3, 0.4) is 0 Å². The van der Waals surface area contributed by atoms with Crippen LogP contribution in [0.4, 0.5) is 21.8 Å². The van der Waals surface area contributed by atoms with E-state index in [2.05, 4.69) is 9.80 Å². The molecule has 2 aliphatic rings. The first-order valence-electron chi connectivity index (χ1n) is 12.6. The van der Waals surface area contributed by atoms with Crippen LogP contribution in [0.1, 0.15) is 16.8 Å². The van der Waals surface area contributed by atoms with Gasteiger partial charge in [0.05, 0.1) is 25.8 Å². The molecule has 8 nitrogen and oxygen atoms in total. The summed E-state index contributed by atoms with van der Waals surface area (Å²) in [4.78, 5) is 31.4. The van der Waals surface area contributed by atoms with Gasteiger partial charge in [0.2, 0.25) is 11.9 Å². The summed E-state index contributed by atoms with van der Waals surface area (Å²) >= 11 is 0. The third-order valence-corrected chi connectivity index (χ3v) is 7.05. The summed E-state index contributed by atoms with van der Waals surface area (Å²) in [7, 11) is 5.59. The maximum atomic E-state index is 13.3. The number of anilines is 3. The van der Waals surface area contributed by atoms with E-state index in [0.29, 0.717) is 25.9 Å². The number of hydrogen-bond acceptors (Lipinski definition) is 7. The predicted molar refractivity (Wildman–Crippen MR) is 143 cm³/mol. The molecule has 194 valence electrons. The van der Waals surface area contributed by atoms with Crippen molar-refractivity contribution in [2.45, 2.75) is 19.4 Å². The van der Waals surface area contributed by atoms with Crippen LogP contribution >= 0.6 is 0 Å². The Labute approximate surface area is 217 Å². The summed E-state index contributed by atoms with van der Waals surface area (Å²) in [6.45, 7) is 4.34. The van der Waals surface area contributed by atoms with Crippen molar-refractivity contribution in [1.82, 2.24) is 14.9 Å². The molecule has 0 unspecified atom stereocenters. The molecule has 0 bridgehead atoms. The molecule has 0 radical (unpaired) electrons. The van der Waals surface area contributed by atoms with E-state index in [1.54, 1.807) is 7.11 Å². The standard InChI is InChI=1S/C28H33FN6O2/c1-32(2)27-24-19-35(26(36)18-20-5-4-6-23(17-20)37-3)12-11-25(24)30-28(31-27)34-15-13-33(14-16-34)22-9-7-21(29)8-10-22/h4-10,17H,11-16,18-19H2,1-3H3. The highest BCUT2D eigenvalue weighted by Crippen LogP contribution is 2.29. The number of benzene rings is 2. The molecule has 2 aromatic carbocycles. The van der Waals surface area contributed by atoms with Gasteiger partial charge in [0.15, 0.2) is 0 Å². The number of piperazine rings is 1. The topological polar surface area (TPSA) is 65.0 Å². The average molecular weight is 505 g/mol. The van der Waals surface area contributed by atoms with E-state index in [4.69, 9.17) is 14.7 Å². The molecule has 9 heteroatoms. The number of methoxy groups -OCH3 is 1. The van der Waals surface area contributed by atoms with Gasteiger partial charge in [0, 0.05) is 64.5 Å². The Hall–Kier alpha value is -3.88. The minimum atomic E-state index is -0.221. The number of carbonyl (C=O) groups is 1. The van der Waals surface area contributed by atoms with Gasteiger partial charge in [-0.3, -0.25) is 4.79 Å². The number of nitrogens with zero attached hydrogens (tertiary/aromatic N) is 6. The molecule has 3 aromatic rings. The number of ether oxygens (including phenoxy) is 1. The normalized spacial score (nSPS) is 15.4. The van der Waals surface area contributed by atoms with Crippen molar-refractivity contribution in [3.05, 3.63) is 71.2 Å². The lowest BCUT2D eigenvalue weighted by Crippen LogP contribution is -2.47. The number of halogens is 1. The van der Waals surface area contributed by atoms with Crippen LogP contribution in [-0.4, -0.2) is 74.7 Å². The Kier molecular flexibility index (Phi) is 7.12. The van der Waals surface area contributed by atoms with Crippen molar-refractivity contribution in [3.63, 3.8) is 0 Å². The van der Waals surface area contributed by atoms with Crippen LogP contribution in [0.5, 0.6) is 5.75 Å². The van der Waals surface area contributed by atoms with Gasteiger partial charge in [-0.15, -0.1) is 0 Å². The number of hydrogen-bond donors (Lipinski definition) is 0. The summed E-state index contributed by atoms with van der Waals surface area (Å²) in [5.74, 6) is 2.21. The molecule has 1 fully saturated rings. The van der Waals surface area contributed by atoms with Crippen LogP contribution in [-0.2, 0) is 24.2 Å². The van der Waals surface area contributed by atoms with Gasteiger partial charge in [0.1, 0.15) is 17.4 Å². The van der Waals surface area contributed by atoms with Crippen molar-refractivity contribution >= 4 is 23.4 Å². The van der Waals surface area contributed by atoms with Gasteiger partial charge in [-0.05, 0) is 42.0 Å².